The zero-order valence-electron chi connectivity index (χ0n) is 11.0. The third kappa shape index (κ3) is 2.40. The lowest BCUT2D eigenvalue weighted by Crippen LogP contribution is -2.60. The number of hydrogen-bond acceptors (Lipinski definition) is 3. The Morgan fingerprint density at radius 2 is 2.00 bits per heavy atom. The van der Waals surface area contributed by atoms with Gasteiger partial charge in [0.1, 0.15) is 5.82 Å². The Hall–Kier alpha value is -1.87. The molecule has 1 aromatic rings. The summed E-state index contributed by atoms with van der Waals surface area (Å²) in [7, 11) is 0. The van der Waals surface area contributed by atoms with Crippen LogP contribution >= 0.6 is 11.6 Å². The van der Waals surface area contributed by atoms with Crippen LogP contribution in [-0.2, 0) is 9.53 Å². The number of imide groups is 1. The Balaban J connectivity index is 2.49. The number of alkyl halides is 3. The second-order valence-corrected chi connectivity index (χ2v) is 4.69. The van der Waals surface area contributed by atoms with Gasteiger partial charge < -0.3 is 4.74 Å². The van der Waals surface area contributed by atoms with Gasteiger partial charge in [-0.3, -0.25) is 10.1 Å². The van der Waals surface area contributed by atoms with Crippen molar-refractivity contribution in [2.45, 2.75) is 18.8 Å². The summed E-state index contributed by atoms with van der Waals surface area (Å²) in [6.45, 7) is 0.772. The van der Waals surface area contributed by atoms with Crippen LogP contribution in [0.15, 0.2) is 18.2 Å². The highest BCUT2D eigenvalue weighted by Gasteiger charge is 2.69. The van der Waals surface area contributed by atoms with Gasteiger partial charge in [0.25, 0.3) is 5.91 Å². The summed E-state index contributed by atoms with van der Waals surface area (Å²) in [5.74, 6) is -2.51. The Kier molecular flexibility index (Phi) is 4.05. The van der Waals surface area contributed by atoms with E-state index in [1.807, 2.05) is 0 Å². The van der Waals surface area contributed by atoms with E-state index in [0.29, 0.717) is 0 Å². The van der Waals surface area contributed by atoms with Gasteiger partial charge in [-0.1, -0.05) is 11.6 Å². The first-order valence-electron chi connectivity index (χ1n) is 5.96. The number of ether oxygens (including phenoxy) is 1. The van der Waals surface area contributed by atoms with Crippen LogP contribution in [0.4, 0.5) is 28.0 Å². The molecule has 0 radical (unpaired) electrons. The van der Waals surface area contributed by atoms with E-state index < -0.39 is 41.3 Å². The lowest BCUT2D eigenvalue weighted by molar-refractivity contribution is -0.267. The molecule has 1 unspecified atom stereocenters. The van der Waals surface area contributed by atoms with E-state index in [2.05, 4.69) is 4.74 Å². The first-order chi connectivity index (χ1) is 10.1. The number of benzene rings is 1. The summed E-state index contributed by atoms with van der Waals surface area (Å²) < 4.78 is 57.1. The highest BCUT2D eigenvalue weighted by atomic mass is 35.5. The fourth-order valence-corrected chi connectivity index (χ4v) is 2.13. The molecule has 1 aromatic carbocycles. The first kappa shape index (κ1) is 16.5. The van der Waals surface area contributed by atoms with E-state index in [4.69, 9.17) is 11.6 Å². The number of nitrogens with zero attached hydrogens (tertiary/aromatic N) is 1. The minimum absolute atomic E-state index is 0.203. The van der Waals surface area contributed by atoms with Crippen LogP contribution in [-0.4, -0.2) is 30.4 Å². The molecule has 1 atom stereocenters. The van der Waals surface area contributed by atoms with Gasteiger partial charge in [-0.2, -0.15) is 13.2 Å². The van der Waals surface area contributed by atoms with Crippen molar-refractivity contribution in [3.05, 3.63) is 29.0 Å². The molecule has 1 aliphatic rings. The maximum absolute atomic E-state index is 13.2. The van der Waals surface area contributed by atoms with E-state index in [9.17, 15) is 27.2 Å². The molecular weight excluding hydrogens is 332 g/mol. The minimum atomic E-state index is -5.17. The number of hydrogen-bond donors (Lipinski definition) is 1. The van der Waals surface area contributed by atoms with Crippen molar-refractivity contribution < 1.29 is 31.9 Å². The highest BCUT2D eigenvalue weighted by Crippen LogP contribution is 2.38. The lowest BCUT2D eigenvalue weighted by atomic mass is 10.2. The molecule has 10 heteroatoms. The normalized spacial score (nSPS) is 22.2. The molecule has 0 bridgehead atoms. The Labute approximate surface area is 126 Å². The van der Waals surface area contributed by atoms with Crippen molar-refractivity contribution in [1.29, 1.82) is 0 Å². The van der Waals surface area contributed by atoms with Crippen LogP contribution in [0.1, 0.15) is 6.92 Å². The summed E-state index contributed by atoms with van der Waals surface area (Å²) >= 11 is 5.51. The molecule has 1 fully saturated rings. The number of anilines is 1. The van der Waals surface area contributed by atoms with Crippen molar-refractivity contribution in [3.63, 3.8) is 0 Å². The topological polar surface area (TPSA) is 58.6 Å². The van der Waals surface area contributed by atoms with Gasteiger partial charge in [0.05, 0.1) is 10.7 Å². The summed E-state index contributed by atoms with van der Waals surface area (Å²) in [5.41, 5.74) is -3.78. The van der Waals surface area contributed by atoms with E-state index >= 15 is 0 Å². The van der Waals surface area contributed by atoms with E-state index in [1.54, 1.807) is 0 Å². The van der Waals surface area contributed by atoms with E-state index in [1.165, 1.54) is 12.2 Å². The molecule has 1 N–H and O–H groups in total. The molecule has 0 saturated carbocycles. The van der Waals surface area contributed by atoms with Crippen molar-refractivity contribution in [2.24, 2.45) is 0 Å². The predicted molar refractivity (Wildman–Crippen MR) is 67.8 cm³/mol. The van der Waals surface area contributed by atoms with Crippen LogP contribution in [0, 0.1) is 5.82 Å². The molecule has 0 aliphatic carbocycles. The van der Waals surface area contributed by atoms with Crippen LogP contribution in [0.2, 0.25) is 5.02 Å². The molecule has 5 nitrogen and oxygen atoms in total. The second-order valence-electron chi connectivity index (χ2n) is 4.28. The average Bonchev–Trinajstić information content (AvgIpc) is 2.66. The number of urea groups is 1. The third-order valence-electron chi connectivity index (χ3n) is 2.91. The Morgan fingerprint density at radius 1 is 1.36 bits per heavy atom. The number of nitrogens with one attached hydrogen (secondary N) is 1. The minimum Gasteiger partial charge on any atom is -0.340 e. The summed E-state index contributed by atoms with van der Waals surface area (Å²) in [6, 6.07) is 1.30. The van der Waals surface area contributed by atoms with Crippen molar-refractivity contribution in [2.75, 3.05) is 11.5 Å². The molecule has 1 heterocycles. The SMILES string of the molecule is CCOC1(C(F)(F)F)NC(=O)N(c2ccc(F)c(Cl)c2)C1=O. The first-order valence-corrected chi connectivity index (χ1v) is 6.34. The van der Waals surface area contributed by atoms with Gasteiger partial charge in [-0.25, -0.2) is 14.1 Å². The molecule has 0 spiro atoms. The standard InChI is InChI=1S/C12H9ClF4N2O3/c1-2-22-11(12(15,16)17)9(20)19(10(21)18-11)6-3-4-8(14)7(13)5-6/h3-5H,2H2,1H3,(H,18,21). The van der Waals surface area contributed by atoms with Crippen LogP contribution < -0.4 is 10.2 Å². The zero-order chi connectivity index (χ0) is 16.7. The molecule has 1 aliphatic heterocycles. The Bertz CT molecular complexity index is 637. The summed E-state index contributed by atoms with van der Waals surface area (Å²) in [5, 5.41) is 1.05. The summed E-state index contributed by atoms with van der Waals surface area (Å²) in [4.78, 5) is 24.1. The Morgan fingerprint density at radius 3 is 2.50 bits per heavy atom. The predicted octanol–water partition coefficient (Wildman–Crippen LogP) is 2.83. The lowest BCUT2D eigenvalue weighted by Gasteiger charge is -2.28. The monoisotopic (exact) mass is 340 g/mol. The number of rotatable bonds is 3. The fourth-order valence-electron chi connectivity index (χ4n) is 1.96. The quantitative estimate of drug-likeness (QED) is 0.680. The summed E-state index contributed by atoms with van der Waals surface area (Å²) in [6.07, 6.45) is -5.17. The zero-order valence-corrected chi connectivity index (χ0v) is 11.8. The van der Waals surface area contributed by atoms with Crippen molar-refractivity contribution in [1.82, 2.24) is 5.32 Å². The number of carbonyl (C=O) groups is 2. The fraction of sp³-hybridized carbons (Fsp3) is 0.333. The largest absolute Gasteiger partial charge is 0.446 e. The number of amides is 3. The van der Waals surface area contributed by atoms with Gasteiger partial charge in [0, 0.05) is 6.61 Å². The van der Waals surface area contributed by atoms with Gasteiger partial charge in [0.2, 0.25) is 0 Å². The van der Waals surface area contributed by atoms with E-state index in [-0.39, 0.29) is 10.6 Å². The second kappa shape index (κ2) is 5.40. The number of carbonyl (C=O) groups excluding carboxylic acids is 2. The van der Waals surface area contributed by atoms with Crippen LogP contribution in [0.25, 0.3) is 0 Å². The van der Waals surface area contributed by atoms with E-state index in [0.717, 1.165) is 18.2 Å². The van der Waals surface area contributed by atoms with Crippen LogP contribution in [0.5, 0.6) is 0 Å². The molecule has 3 amide bonds. The maximum Gasteiger partial charge on any atom is 0.446 e. The van der Waals surface area contributed by atoms with Gasteiger partial charge in [-0.05, 0) is 25.1 Å². The molecule has 22 heavy (non-hydrogen) atoms. The van der Waals surface area contributed by atoms with Crippen LogP contribution in [0.3, 0.4) is 0 Å². The van der Waals surface area contributed by atoms with Crippen molar-refractivity contribution in [3.8, 4) is 0 Å². The molecular formula is C12H9ClF4N2O3. The molecule has 1 saturated heterocycles. The number of halogens is 5. The van der Waals surface area contributed by atoms with Gasteiger partial charge in [0.15, 0.2) is 0 Å². The van der Waals surface area contributed by atoms with Gasteiger partial charge in [-0.15, -0.1) is 0 Å². The maximum atomic E-state index is 13.2. The highest BCUT2D eigenvalue weighted by molar-refractivity contribution is 6.31. The molecule has 120 valence electrons. The van der Waals surface area contributed by atoms with Crippen molar-refractivity contribution >= 4 is 29.2 Å². The van der Waals surface area contributed by atoms with Gasteiger partial charge >= 0.3 is 17.9 Å². The smallest absolute Gasteiger partial charge is 0.340 e. The average molecular weight is 341 g/mol. The molecule has 2 rings (SSSR count). The molecule has 0 aromatic heterocycles. The third-order valence-corrected chi connectivity index (χ3v) is 3.20.